The highest BCUT2D eigenvalue weighted by Gasteiger charge is 2.29. The third-order valence-electron chi connectivity index (χ3n) is 3.26. The molecule has 74 valence electrons. The zero-order valence-electron chi connectivity index (χ0n) is 8.34. The molecule has 1 atom stereocenters. The second kappa shape index (κ2) is 3.81. The van der Waals surface area contributed by atoms with Crippen molar-refractivity contribution in [2.24, 2.45) is 11.7 Å². The molecule has 0 spiro atoms. The van der Waals surface area contributed by atoms with Gasteiger partial charge >= 0.3 is 0 Å². The van der Waals surface area contributed by atoms with E-state index in [-0.39, 0.29) is 0 Å². The Morgan fingerprint density at radius 3 is 2.54 bits per heavy atom. The molecule has 0 radical (unpaired) electrons. The number of hydrogen-bond donors (Lipinski definition) is 1. The molecule has 2 N–H and O–H groups in total. The molecule has 2 aliphatic rings. The fourth-order valence-electron chi connectivity index (χ4n) is 2.02. The first kappa shape index (κ1) is 9.22. The van der Waals surface area contributed by atoms with Crippen LogP contribution >= 0.6 is 0 Å². The molecule has 2 nitrogen and oxygen atoms in total. The van der Waals surface area contributed by atoms with Crippen LogP contribution in [0.15, 0.2) is 12.2 Å². The number of hydrogen-bond acceptors (Lipinski definition) is 2. The molecule has 2 rings (SSSR count). The van der Waals surface area contributed by atoms with Crippen molar-refractivity contribution in [3.05, 3.63) is 12.2 Å². The van der Waals surface area contributed by atoms with E-state index in [4.69, 9.17) is 5.73 Å². The van der Waals surface area contributed by atoms with Crippen molar-refractivity contribution in [2.75, 3.05) is 19.6 Å². The van der Waals surface area contributed by atoms with Gasteiger partial charge in [-0.2, -0.15) is 0 Å². The van der Waals surface area contributed by atoms with E-state index in [1.54, 1.807) is 0 Å². The number of piperidine rings is 1. The molecule has 1 heterocycles. The van der Waals surface area contributed by atoms with Crippen LogP contribution in [0.1, 0.15) is 25.7 Å². The van der Waals surface area contributed by atoms with Gasteiger partial charge in [0, 0.05) is 25.7 Å². The molecule has 1 unspecified atom stereocenters. The predicted molar refractivity (Wildman–Crippen MR) is 55.5 cm³/mol. The Labute approximate surface area is 80.8 Å². The lowest BCUT2D eigenvalue weighted by Crippen LogP contribution is -2.41. The van der Waals surface area contributed by atoms with E-state index in [1.807, 2.05) is 0 Å². The summed E-state index contributed by atoms with van der Waals surface area (Å²) in [5, 5.41) is 0. The second-order valence-corrected chi connectivity index (χ2v) is 4.55. The number of likely N-dealkylation sites (tertiary alicyclic amines) is 1. The number of nitrogens with two attached hydrogens (primary N) is 1. The second-order valence-electron chi connectivity index (χ2n) is 4.55. The zero-order chi connectivity index (χ0) is 9.26. The van der Waals surface area contributed by atoms with Gasteiger partial charge in [0.25, 0.3) is 0 Å². The average molecular weight is 180 g/mol. The van der Waals surface area contributed by atoms with E-state index < -0.39 is 0 Å². The summed E-state index contributed by atoms with van der Waals surface area (Å²) < 4.78 is 0. The fraction of sp³-hybridized carbons (Fsp3) is 0.818. The zero-order valence-corrected chi connectivity index (χ0v) is 8.34. The van der Waals surface area contributed by atoms with Crippen LogP contribution in [-0.4, -0.2) is 30.6 Å². The van der Waals surface area contributed by atoms with E-state index in [1.165, 1.54) is 44.3 Å². The molecule has 0 amide bonds. The molecule has 0 aromatic carbocycles. The van der Waals surface area contributed by atoms with E-state index in [0.717, 1.165) is 12.5 Å². The molecule has 0 aromatic rings. The van der Waals surface area contributed by atoms with Gasteiger partial charge in [-0.15, -0.1) is 0 Å². The van der Waals surface area contributed by atoms with Crippen LogP contribution in [0.5, 0.6) is 0 Å². The summed E-state index contributed by atoms with van der Waals surface area (Å²) in [6, 6.07) is 0.436. The van der Waals surface area contributed by atoms with Crippen molar-refractivity contribution in [1.82, 2.24) is 4.90 Å². The Balaban J connectivity index is 1.71. The van der Waals surface area contributed by atoms with Gasteiger partial charge in [0.1, 0.15) is 0 Å². The van der Waals surface area contributed by atoms with Crippen LogP contribution in [-0.2, 0) is 0 Å². The van der Waals surface area contributed by atoms with E-state index >= 15 is 0 Å². The molecule has 13 heavy (non-hydrogen) atoms. The predicted octanol–water partition coefficient (Wildman–Crippen LogP) is 1.38. The molecule has 1 aliphatic carbocycles. The summed E-state index contributed by atoms with van der Waals surface area (Å²) >= 11 is 0. The van der Waals surface area contributed by atoms with E-state index in [9.17, 15) is 0 Å². The minimum Gasteiger partial charge on any atom is -0.326 e. The minimum atomic E-state index is 0.436. The van der Waals surface area contributed by atoms with Crippen LogP contribution in [0.2, 0.25) is 0 Å². The Morgan fingerprint density at radius 2 is 2.00 bits per heavy atom. The van der Waals surface area contributed by atoms with Crippen molar-refractivity contribution in [2.45, 2.75) is 31.7 Å². The summed E-state index contributed by atoms with van der Waals surface area (Å²) in [7, 11) is 0. The molecular weight excluding hydrogens is 160 g/mol. The lowest BCUT2D eigenvalue weighted by Gasteiger charge is -2.30. The Morgan fingerprint density at radius 1 is 1.38 bits per heavy atom. The summed E-state index contributed by atoms with van der Waals surface area (Å²) in [4.78, 5) is 2.50. The summed E-state index contributed by atoms with van der Waals surface area (Å²) in [6.07, 6.45) is 5.08. The van der Waals surface area contributed by atoms with Crippen molar-refractivity contribution < 1.29 is 0 Å². The van der Waals surface area contributed by atoms with Gasteiger partial charge < -0.3 is 10.6 Å². The highest BCUT2D eigenvalue weighted by atomic mass is 15.1. The van der Waals surface area contributed by atoms with Crippen molar-refractivity contribution in [3.8, 4) is 0 Å². The molecule has 0 bridgehead atoms. The fourth-order valence-corrected chi connectivity index (χ4v) is 2.02. The maximum atomic E-state index is 6.08. The lowest BCUT2D eigenvalue weighted by molar-refractivity contribution is 0.234. The maximum Gasteiger partial charge on any atom is 0.0196 e. The van der Waals surface area contributed by atoms with Crippen LogP contribution in [0.4, 0.5) is 0 Å². The summed E-state index contributed by atoms with van der Waals surface area (Å²) in [5.41, 5.74) is 7.49. The Kier molecular flexibility index (Phi) is 2.70. The third-order valence-corrected chi connectivity index (χ3v) is 3.26. The van der Waals surface area contributed by atoms with Gasteiger partial charge in [-0.05, 0) is 31.6 Å². The third kappa shape index (κ3) is 2.55. The SMILES string of the molecule is C=C1CCN(CC(N)C2CC2)CC1. The highest BCUT2D eigenvalue weighted by Crippen LogP contribution is 2.32. The van der Waals surface area contributed by atoms with Crippen LogP contribution in [0.3, 0.4) is 0 Å². The van der Waals surface area contributed by atoms with Crippen molar-refractivity contribution >= 4 is 0 Å². The quantitative estimate of drug-likeness (QED) is 0.665. The average Bonchev–Trinajstić information content (AvgIpc) is 2.91. The van der Waals surface area contributed by atoms with E-state index in [0.29, 0.717) is 6.04 Å². The largest absolute Gasteiger partial charge is 0.326 e. The minimum absolute atomic E-state index is 0.436. The first-order chi connectivity index (χ1) is 6.25. The smallest absolute Gasteiger partial charge is 0.0196 e. The van der Waals surface area contributed by atoms with Crippen LogP contribution < -0.4 is 5.73 Å². The van der Waals surface area contributed by atoms with Gasteiger partial charge in [-0.3, -0.25) is 0 Å². The molecule has 2 heteroatoms. The normalized spacial score (nSPS) is 27.6. The monoisotopic (exact) mass is 180 g/mol. The lowest BCUT2D eigenvalue weighted by atomic mass is 10.0. The topological polar surface area (TPSA) is 29.3 Å². The number of nitrogens with zero attached hydrogens (tertiary/aromatic N) is 1. The molecule has 0 aromatic heterocycles. The highest BCUT2D eigenvalue weighted by molar-refractivity contribution is 4.99. The summed E-state index contributed by atoms with van der Waals surface area (Å²) in [6.45, 7) is 7.49. The Hall–Kier alpha value is -0.340. The van der Waals surface area contributed by atoms with Gasteiger partial charge in [0.2, 0.25) is 0 Å². The molecule has 1 saturated heterocycles. The molecule has 1 aliphatic heterocycles. The molecule has 1 saturated carbocycles. The molecular formula is C11H20N2. The molecule has 2 fully saturated rings. The van der Waals surface area contributed by atoms with Crippen LogP contribution in [0, 0.1) is 5.92 Å². The van der Waals surface area contributed by atoms with Crippen LogP contribution in [0.25, 0.3) is 0 Å². The maximum absolute atomic E-state index is 6.08. The Bertz CT molecular complexity index is 186. The first-order valence-corrected chi connectivity index (χ1v) is 5.40. The van der Waals surface area contributed by atoms with E-state index in [2.05, 4.69) is 11.5 Å². The van der Waals surface area contributed by atoms with Gasteiger partial charge in [-0.25, -0.2) is 0 Å². The van der Waals surface area contributed by atoms with Gasteiger partial charge in [0.15, 0.2) is 0 Å². The van der Waals surface area contributed by atoms with Crippen molar-refractivity contribution in [3.63, 3.8) is 0 Å². The first-order valence-electron chi connectivity index (χ1n) is 5.40. The summed E-state index contributed by atoms with van der Waals surface area (Å²) in [5.74, 6) is 0.838. The van der Waals surface area contributed by atoms with Gasteiger partial charge in [-0.1, -0.05) is 12.2 Å². The standard InChI is InChI=1S/C11H20N2/c1-9-4-6-13(7-5-9)8-11(12)10-2-3-10/h10-11H,1-8,12H2. The van der Waals surface area contributed by atoms with Crippen molar-refractivity contribution in [1.29, 1.82) is 0 Å². The van der Waals surface area contributed by atoms with Gasteiger partial charge in [0.05, 0.1) is 0 Å². The number of rotatable bonds is 3.